The predicted octanol–water partition coefficient (Wildman–Crippen LogP) is 2.07. The molecule has 0 radical (unpaired) electrons. The quantitative estimate of drug-likeness (QED) is 0.293. The maximum Gasteiger partial charge on any atom is 0.343 e. The third kappa shape index (κ3) is 2.50. The van der Waals surface area contributed by atoms with Crippen molar-refractivity contribution in [1.82, 2.24) is 9.55 Å². The molecule has 5 rings (SSSR count). The number of benzene rings is 1. The smallest absolute Gasteiger partial charge is 0.343 e. The number of hydrogen-bond donors (Lipinski definition) is 3. The molecule has 1 unspecified atom stereocenters. The Bertz CT molecular complexity index is 1270. The number of aromatic hydroxyl groups is 2. The van der Waals surface area contributed by atoms with Crippen LogP contribution in [0.1, 0.15) is 30.0 Å². The molecule has 3 N–H and O–H groups in total. The largest absolute Gasteiger partial charge is 0.504 e. The van der Waals surface area contributed by atoms with E-state index in [1.54, 1.807) is 19.1 Å². The lowest BCUT2D eigenvalue weighted by Crippen LogP contribution is -2.44. The highest BCUT2D eigenvalue weighted by atomic mass is 79.9. The zero-order valence-corrected chi connectivity index (χ0v) is 17.0. The van der Waals surface area contributed by atoms with Gasteiger partial charge < -0.3 is 24.6 Å². The Kier molecular flexibility index (Phi) is 4.21. The summed E-state index contributed by atoms with van der Waals surface area (Å²) >= 11 is 0. The van der Waals surface area contributed by atoms with Crippen LogP contribution in [0.2, 0.25) is 0 Å². The Balaban J connectivity index is 0.00000205. The number of carbonyl (C=O) groups excluding carboxylic acids is 1. The van der Waals surface area contributed by atoms with Crippen molar-refractivity contribution >= 4 is 33.9 Å². The van der Waals surface area contributed by atoms with Gasteiger partial charge in [-0.1, -0.05) is 6.92 Å². The van der Waals surface area contributed by atoms with Crippen molar-refractivity contribution in [2.75, 3.05) is 0 Å². The highest BCUT2D eigenvalue weighted by Gasteiger charge is 2.45. The molecule has 0 saturated carbocycles. The third-order valence-electron chi connectivity index (χ3n) is 5.60. The molecule has 2 aliphatic heterocycles. The van der Waals surface area contributed by atoms with Gasteiger partial charge in [-0.25, -0.2) is 9.78 Å². The summed E-state index contributed by atoms with van der Waals surface area (Å²) in [5.41, 5.74) is 0.573. The number of aromatic nitrogens is 2. The fourth-order valence-corrected chi connectivity index (χ4v) is 4.01. The monoisotopic (exact) mass is 460 g/mol. The van der Waals surface area contributed by atoms with Gasteiger partial charge in [0.25, 0.3) is 5.56 Å². The number of fused-ring (bicyclic) bond motifs is 5. The van der Waals surface area contributed by atoms with Crippen LogP contribution in [0.25, 0.3) is 22.3 Å². The van der Waals surface area contributed by atoms with Crippen LogP contribution >= 0.6 is 17.0 Å². The van der Waals surface area contributed by atoms with E-state index in [0.717, 1.165) is 5.56 Å². The molecule has 8 nitrogen and oxygen atoms in total. The first-order chi connectivity index (χ1) is 13.3. The van der Waals surface area contributed by atoms with Crippen LogP contribution in [0.15, 0.2) is 29.1 Å². The van der Waals surface area contributed by atoms with Crippen molar-refractivity contribution in [1.29, 1.82) is 0 Å². The number of esters is 1. The van der Waals surface area contributed by atoms with Gasteiger partial charge in [0.15, 0.2) is 17.1 Å². The van der Waals surface area contributed by atoms with Gasteiger partial charge in [-0.15, -0.1) is 17.0 Å². The number of pyridine rings is 2. The van der Waals surface area contributed by atoms with Gasteiger partial charge in [0.05, 0.1) is 29.0 Å². The minimum atomic E-state index is -1.87. The fraction of sp³-hybridized carbons (Fsp3) is 0.250. The molecule has 2 aromatic heterocycles. The molecule has 0 bridgehead atoms. The third-order valence-corrected chi connectivity index (χ3v) is 5.60. The first-order valence-electron chi connectivity index (χ1n) is 8.86. The predicted molar refractivity (Wildman–Crippen MR) is 108 cm³/mol. The van der Waals surface area contributed by atoms with E-state index >= 15 is 0 Å². The molecule has 150 valence electrons. The number of ether oxygens (including phenoxy) is 1. The van der Waals surface area contributed by atoms with Crippen molar-refractivity contribution in [2.45, 2.75) is 32.1 Å². The lowest BCUT2D eigenvalue weighted by Gasteiger charge is -2.31. The first-order valence-corrected chi connectivity index (χ1v) is 8.86. The number of aliphatic hydroxyl groups is 1. The molecular formula is C20H17BrN2O6. The number of rotatable bonds is 1. The maximum atomic E-state index is 13.0. The van der Waals surface area contributed by atoms with Crippen LogP contribution < -0.4 is 5.56 Å². The van der Waals surface area contributed by atoms with Crippen molar-refractivity contribution < 1.29 is 24.9 Å². The summed E-state index contributed by atoms with van der Waals surface area (Å²) < 4.78 is 6.58. The second-order valence-corrected chi connectivity index (χ2v) is 7.13. The Morgan fingerprint density at radius 1 is 1.17 bits per heavy atom. The van der Waals surface area contributed by atoms with Gasteiger partial charge in [-0.3, -0.25) is 4.79 Å². The fourth-order valence-electron chi connectivity index (χ4n) is 4.01. The van der Waals surface area contributed by atoms with Crippen LogP contribution in [-0.4, -0.2) is 30.8 Å². The van der Waals surface area contributed by atoms with E-state index in [9.17, 15) is 24.9 Å². The Morgan fingerprint density at radius 2 is 1.90 bits per heavy atom. The summed E-state index contributed by atoms with van der Waals surface area (Å²) in [5, 5.41) is 31.0. The number of nitrogens with zero attached hydrogens (tertiary/aromatic N) is 2. The van der Waals surface area contributed by atoms with Crippen LogP contribution in [0.4, 0.5) is 0 Å². The molecule has 1 aromatic carbocycles. The normalized spacial score (nSPS) is 19.2. The highest BCUT2D eigenvalue weighted by Crippen LogP contribution is 2.39. The minimum absolute atomic E-state index is 0. The topological polar surface area (TPSA) is 122 Å². The van der Waals surface area contributed by atoms with E-state index in [1.165, 1.54) is 16.7 Å². The summed E-state index contributed by atoms with van der Waals surface area (Å²) in [4.78, 5) is 29.8. The van der Waals surface area contributed by atoms with Crippen LogP contribution in [-0.2, 0) is 28.3 Å². The second kappa shape index (κ2) is 6.30. The van der Waals surface area contributed by atoms with Crippen molar-refractivity contribution in [3.05, 3.63) is 51.3 Å². The van der Waals surface area contributed by atoms with Gasteiger partial charge in [0, 0.05) is 22.6 Å². The van der Waals surface area contributed by atoms with E-state index in [0.29, 0.717) is 22.3 Å². The van der Waals surface area contributed by atoms with Crippen molar-refractivity contribution in [2.24, 2.45) is 0 Å². The zero-order chi connectivity index (χ0) is 19.8. The summed E-state index contributed by atoms with van der Waals surface area (Å²) in [5.74, 6) is -1.30. The molecule has 2 aliphatic rings. The average molecular weight is 461 g/mol. The molecular weight excluding hydrogens is 444 g/mol. The van der Waals surface area contributed by atoms with Crippen LogP contribution in [0.5, 0.6) is 11.5 Å². The molecule has 0 spiro atoms. The number of phenolic OH excluding ortho intramolecular Hbond substituents is 2. The molecule has 0 aliphatic carbocycles. The second-order valence-electron chi connectivity index (χ2n) is 7.13. The average Bonchev–Trinajstić information content (AvgIpc) is 3.02. The molecule has 29 heavy (non-hydrogen) atoms. The Labute approximate surface area is 174 Å². The van der Waals surface area contributed by atoms with E-state index in [-0.39, 0.29) is 64.7 Å². The summed E-state index contributed by atoms with van der Waals surface area (Å²) in [6, 6.07) is 6.20. The number of carbonyl (C=O) groups is 1. The molecule has 1 atom stereocenters. The van der Waals surface area contributed by atoms with Crippen LogP contribution in [0.3, 0.4) is 0 Å². The SMILES string of the molecule is Br.CCC1(O)C(=O)OCc2c1cc1n(c2=O)Cc2cc3cc(O)c(O)cc3nc2-1. The molecule has 4 heterocycles. The summed E-state index contributed by atoms with van der Waals surface area (Å²) in [6.45, 7) is 1.75. The van der Waals surface area contributed by atoms with Crippen molar-refractivity contribution in [3.63, 3.8) is 0 Å². The Hall–Kier alpha value is -2.91. The van der Waals surface area contributed by atoms with Crippen LogP contribution in [0, 0.1) is 0 Å². The zero-order valence-electron chi connectivity index (χ0n) is 15.3. The van der Waals surface area contributed by atoms with E-state index in [1.807, 2.05) is 0 Å². The van der Waals surface area contributed by atoms with E-state index in [2.05, 4.69) is 4.98 Å². The van der Waals surface area contributed by atoms with Gasteiger partial charge in [-0.2, -0.15) is 0 Å². The molecule has 3 aromatic rings. The van der Waals surface area contributed by atoms with Crippen molar-refractivity contribution in [3.8, 4) is 22.9 Å². The van der Waals surface area contributed by atoms with Gasteiger partial charge in [-0.05, 0) is 24.6 Å². The summed E-state index contributed by atoms with van der Waals surface area (Å²) in [7, 11) is 0. The maximum absolute atomic E-state index is 13.0. The summed E-state index contributed by atoms with van der Waals surface area (Å²) in [6.07, 6.45) is 0.0763. The standard InChI is InChI=1S/C20H16N2O6.BrH/c1-2-20(27)12-5-14-17-10(3-9-4-15(23)16(24)6-13(9)21-17)7-22(14)18(25)11(12)8-28-19(20)26;/h3-6,23-24,27H,2,7-8H2,1H3;1H. The highest BCUT2D eigenvalue weighted by molar-refractivity contribution is 8.93. The van der Waals surface area contributed by atoms with Gasteiger partial charge in [0.2, 0.25) is 0 Å². The minimum Gasteiger partial charge on any atom is -0.504 e. The first kappa shape index (κ1) is 19.4. The lowest BCUT2D eigenvalue weighted by molar-refractivity contribution is -0.172. The molecule has 9 heteroatoms. The number of halogens is 1. The van der Waals surface area contributed by atoms with E-state index < -0.39 is 11.6 Å². The number of phenols is 2. The lowest BCUT2D eigenvalue weighted by atomic mass is 9.86. The molecule has 0 saturated heterocycles. The Morgan fingerprint density at radius 3 is 2.62 bits per heavy atom. The number of hydrogen-bond acceptors (Lipinski definition) is 7. The van der Waals surface area contributed by atoms with Gasteiger partial charge >= 0.3 is 5.97 Å². The van der Waals surface area contributed by atoms with Gasteiger partial charge in [0.1, 0.15) is 6.61 Å². The molecule has 0 amide bonds. The number of cyclic esters (lactones) is 1. The molecule has 0 fully saturated rings. The van der Waals surface area contributed by atoms with E-state index in [4.69, 9.17) is 4.74 Å².